The number of hydrogen-bond donors (Lipinski definition) is 2. The number of ether oxygens (including phenoxy) is 1. The van der Waals surface area contributed by atoms with Crippen LogP contribution >= 0.6 is 0 Å². The quantitative estimate of drug-likeness (QED) is 0.751. The number of rotatable bonds is 5. The van der Waals surface area contributed by atoms with Gasteiger partial charge in [0.15, 0.2) is 0 Å². The predicted octanol–water partition coefficient (Wildman–Crippen LogP) is 0.643. The third-order valence-electron chi connectivity index (χ3n) is 2.31. The molecule has 1 heterocycles. The summed E-state index contributed by atoms with van der Waals surface area (Å²) in [7, 11) is 1.25. The molecule has 0 saturated carbocycles. The fourth-order valence-corrected chi connectivity index (χ4v) is 1.24. The number of esters is 1. The molecule has 1 rings (SSSR count). The van der Waals surface area contributed by atoms with E-state index in [2.05, 4.69) is 15.0 Å². The highest BCUT2D eigenvalue weighted by Gasteiger charge is 2.17. The van der Waals surface area contributed by atoms with E-state index in [0.717, 1.165) is 5.56 Å². The summed E-state index contributed by atoms with van der Waals surface area (Å²) >= 11 is 0. The van der Waals surface area contributed by atoms with E-state index in [1.54, 1.807) is 18.3 Å². The van der Waals surface area contributed by atoms with Gasteiger partial charge in [0.05, 0.1) is 7.11 Å². The van der Waals surface area contributed by atoms with Crippen LogP contribution in [0.25, 0.3) is 0 Å². The minimum atomic E-state index is -1.26. The minimum Gasteiger partial charge on any atom is -0.469 e. The average molecular weight is 252 g/mol. The Labute approximate surface area is 105 Å². The minimum absolute atomic E-state index is 0.00753. The Bertz CT molecular complexity index is 417. The summed E-state index contributed by atoms with van der Waals surface area (Å²) in [6.45, 7) is 1.88. The number of nitrogens with zero attached hydrogens (tertiary/aromatic N) is 1. The number of nitrogens with one attached hydrogen (secondary N) is 1. The van der Waals surface area contributed by atoms with Gasteiger partial charge >= 0.3 is 5.97 Å². The van der Waals surface area contributed by atoms with Crippen LogP contribution in [0.15, 0.2) is 18.3 Å². The van der Waals surface area contributed by atoms with Crippen LogP contribution in [-0.4, -0.2) is 35.2 Å². The van der Waals surface area contributed by atoms with Gasteiger partial charge in [0, 0.05) is 12.6 Å². The van der Waals surface area contributed by atoms with Crippen molar-refractivity contribution in [1.29, 1.82) is 0 Å². The molecule has 98 valence electrons. The van der Waals surface area contributed by atoms with Crippen molar-refractivity contribution in [1.82, 2.24) is 4.98 Å². The molecule has 1 aromatic heterocycles. The van der Waals surface area contributed by atoms with E-state index in [0.29, 0.717) is 5.82 Å². The van der Waals surface area contributed by atoms with Crippen LogP contribution in [0.1, 0.15) is 18.4 Å². The Morgan fingerprint density at radius 3 is 2.78 bits per heavy atom. The summed E-state index contributed by atoms with van der Waals surface area (Å²) in [6.07, 6.45) is 0.361. The molecule has 18 heavy (non-hydrogen) atoms. The largest absolute Gasteiger partial charge is 0.469 e. The Morgan fingerprint density at radius 1 is 1.50 bits per heavy atom. The van der Waals surface area contributed by atoms with E-state index in [9.17, 15) is 14.7 Å². The molecule has 1 aromatic rings. The fraction of sp³-hybridized carbons (Fsp3) is 0.417. The van der Waals surface area contributed by atoms with Crippen LogP contribution < -0.4 is 5.32 Å². The predicted molar refractivity (Wildman–Crippen MR) is 64.9 cm³/mol. The molecule has 0 saturated heterocycles. The van der Waals surface area contributed by atoms with E-state index in [1.807, 2.05) is 6.92 Å². The summed E-state index contributed by atoms with van der Waals surface area (Å²) in [5, 5.41) is 12.0. The maximum absolute atomic E-state index is 11.5. The topological polar surface area (TPSA) is 88.5 Å². The lowest BCUT2D eigenvalue weighted by atomic mass is 10.2. The first-order chi connectivity index (χ1) is 8.52. The Kier molecular flexibility index (Phi) is 5.26. The number of aliphatic hydroxyl groups excluding tert-OH is 1. The second-order valence-corrected chi connectivity index (χ2v) is 3.84. The molecular weight excluding hydrogens is 236 g/mol. The molecule has 1 atom stereocenters. The van der Waals surface area contributed by atoms with E-state index >= 15 is 0 Å². The monoisotopic (exact) mass is 252 g/mol. The van der Waals surface area contributed by atoms with Crippen molar-refractivity contribution in [3.63, 3.8) is 0 Å². The van der Waals surface area contributed by atoms with Gasteiger partial charge in [-0.25, -0.2) is 4.98 Å². The standard InChI is InChI=1S/C12H16N2O4/c1-8-3-5-10(13-7-8)14-12(17)9(15)4-6-11(16)18-2/h3,5,7,9,15H,4,6H2,1-2H3,(H,13,14,17). The van der Waals surface area contributed by atoms with Crippen LogP contribution in [0, 0.1) is 6.92 Å². The number of amides is 1. The fourth-order valence-electron chi connectivity index (χ4n) is 1.24. The van der Waals surface area contributed by atoms with E-state index in [1.165, 1.54) is 7.11 Å². The normalized spacial score (nSPS) is 11.7. The van der Waals surface area contributed by atoms with E-state index in [4.69, 9.17) is 0 Å². The van der Waals surface area contributed by atoms with Gasteiger partial charge in [0.2, 0.25) is 0 Å². The number of aliphatic hydroxyl groups is 1. The van der Waals surface area contributed by atoms with Crippen LogP contribution in [0.3, 0.4) is 0 Å². The summed E-state index contributed by atoms with van der Waals surface area (Å²) in [5.74, 6) is -0.687. The maximum atomic E-state index is 11.5. The molecule has 0 fully saturated rings. The van der Waals surface area contributed by atoms with Gasteiger partial charge < -0.3 is 15.2 Å². The smallest absolute Gasteiger partial charge is 0.305 e. The molecule has 0 spiro atoms. The maximum Gasteiger partial charge on any atom is 0.305 e. The van der Waals surface area contributed by atoms with Crippen molar-refractivity contribution in [3.8, 4) is 0 Å². The molecule has 0 bridgehead atoms. The average Bonchev–Trinajstić information content (AvgIpc) is 2.38. The van der Waals surface area contributed by atoms with Crippen molar-refractivity contribution in [2.24, 2.45) is 0 Å². The summed E-state index contributed by atoms with van der Waals surface area (Å²) < 4.78 is 4.42. The molecule has 0 aliphatic heterocycles. The third-order valence-corrected chi connectivity index (χ3v) is 2.31. The molecule has 0 aliphatic rings. The summed E-state index contributed by atoms with van der Waals surface area (Å²) in [5.41, 5.74) is 0.972. The summed E-state index contributed by atoms with van der Waals surface area (Å²) in [6, 6.07) is 3.43. The number of hydrogen-bond acceptors (Lipinski definition) is 5. The van der Waals surface area contributed by atoms with Gasteiger partial charge in [-0.15, -0.1) is 0 Å². The Morgan fingerprint density at radius 2 is 2.22 bits per heavy atom. The van der Waals surface area contributed by atoms with Gasteiger partial charge in [-0.1, -0.05) is 6.07 Å². The number of pyridine rings is 1. The van der Waals surface area contributed by atoms with Gasteiger partial charge in [-0.05, 0) is 25.0 Å². The molecule has 6 heteroatoms. The number of anilines is 1. The molecule has 0 radical (unpaired) electrons. The highest BCUT2D eigenvalue weighted by Crippen LogP contribution is 2.06. The van der Waals surface area contributed by atoms with E-state index < -0.39 is 18.0 Å². The number of methoxy groups -OCH3 is 1. The van der Waals surface area contributed by atoms with Crippen molar-refractivity contribution < 1.29 is 19.4 Å². The zero-order chi connectivity index (χ0) is 13.5. The lowest BCUT2D eigenvalue weighted by Crippen LogP contribution is -2.28. The van der Waals surface area contributed by atoms with Crippen LogP contribution in [0.5, 0.6) is 0 Å². The first-order valence-electron chi connectivity index (χ1n) is 5.51. The van der Waals surface area contributed by atoms with Gasteiger partial charge in [-0.3, -0.25) is 9.59 Å². The van der Waals surface area contributed by atoms with Crippen LogP contribution in [-0.2, 0) is 14.3 Å². The van der Waals surface area contributed by atoms with Crippen LogP contribution in [0.4, 0.5) is 5.82 Å². The molecule has 2 N–H and O–H groups in total. The second kappa shape index (κ2) is 6.70. The number of aromatic nitrogens is 1. The Hall–Kier alpha value is -1.95. The molecular formula is C12H16N2O4. The third kappa shape index (κ3) is 4.50. The first kappa shape index (κ1) is 14.1. The molecule has 1 amide bonds. The summed E-state index contributed by atoms with van der Waals surface area (Å²) in [4.78, 5) is 26.4. The zero-order valence-corrected chi connectivity index (χ0v) is 10.3. The van der Waals surface area contributed by atoms with Crippen molar-refractivity contribution in [3.05, 3.63) is 23.9 Å². The van der Waals surface area contributed by atoms with E-state index in [-0.39, 0.29) is 12.8 Å². The highest BCUT2D eigenvalue weighted by atomic mass is 16.5. The van der Waals surface area contributed by atoms with Crippen molar-refractivity contribution in [2.45, 2.75) is 25.9 Å². The molecule has 0 aromatic carbocycles. The molecule has 0 aliphatic carbocycles. The van der Waals surface area contributed by atoms with Gasteiger partial charge in [0.1, 0.15) is 11.9 Å². The zero-order valence-electron chi connectivity index (χ0n) is 10.3. The number of aryl methyl sites for hydroxylation is 1. The van der Waals surface area contributed by atoms with Gasteiger partial charge in [-0.2, -0.15) is 0 Å². The number of carbonyl (C=O) groups is 2. The number of carbonyl (C=O) groups excluding carboxylic acids is 2. The highest BCUT2D eigenvalue weighted by molar-refractivity contribution is 5.93. The lowest BCUT2D eigenvalue weighted by Gasteiger charge is -2.10. The van der Waals surface area contributed by atoms with Crippen molar-refractivity contribution in [2.75, 3.05) is 12.4 Å². The Balaban J connectivity index is 2.44. The first-order valence-corrected chi connectivity index (χ1v) is 5.51. The lowest BCUT2D eigenvalue weighted by molar-refractivity contribution is -0.141. The van der Waals surface area contributed by atoms with Gasteiger partial charge in [0.25, 0.3) is 5.91 Å². The van der Waals surface area contributed by atoms with Crippen LogP contribution in [0.2, 0.25) is 0 Å². The second-order valence-electron chi connectivity index (χ2n) is 3.84. The van der Waals surface area contributed by atoms with Crippen molar-refractivity contribution >= 4 is 17.7 Å². The molecule has 1 unspecified atom stereocenters. The SMILES string of the molecule is COC(=O)CCC(O)C(=O)Nc1ccc(C)cn1. The molecule has 6 nitrogen and oxygen atoms in total.